The molecule has 2 heterocycles. The van der Waals surface area contributed by atoms with Crippen LogP contribution in [0.25, 0.3) is 11.0 Å². The van der Waals surface area contributed by atoms with Crippen LogP contribution in [-0.2, 0) is 13.1 Å². The zero-order chi connectivity index (χ0) is 19.3. The highest BCUT2D eigenvalue weighted by molar-refractivity contribution is 9.10. The molecule has 0 amide bonds. The summed E-state index contributed by atoms with van der Waals surface area (Å²) >= 11 is 5.26. The third-order valence-corrected chi connectivity index (χ3v) is 4.40. The smallest absolute Gasteiger partial charge is 0.229 e. The molecule has 0 saturated heterocycles. The van der Waals surface area contributed by atoms with Gasteiger partial charge in [0.2, 0.25) is 6.93 Å². The summed E-state index contributed by atoms with van der Waals surface area (Å²) in [7, 11) is 0. The van der Waals surface area contributed by atoms with E-state index in [4.69, 9.17) is 0 Å². The van der Waals surface area contributed by atoms with Crippen LogP contribution in [0.1, 0.15) is 47.1 Å². The molecular formula is C18H28BrF2N3S. The molecule has 7 heteroatoms. The SMILES string of the molecule is CC(C)(C)Cn1cc(CNSC(C)(C)C)c2ccc(Br)nc21.FCF. The summed E-state index contributed by atoms with van der Waals surface area (Å²) < 4.78 is 26.1. The van der Waals surface area contributed by atoms with Gasteiger partial charge in [0.25, 0.3) is 0 Å². The third-order valence-electron chi connectivity index (χ3n) is 3.06. The van der Waals surface area contributed by atoms with Crippen molar-refractivity contribution in [1.82, 2.24) is 14.3 Å². The minimum Gasteiger partial charge on any atom is -0.332 e. The molecule has 0 unspecified atom stereocenters. The van der Waals surface area contributed by atoms with Crippen LogP contribution in [0.3, 0.4) is 0 Å². The monoisotopic (exact) mass is 435 g/mol. The van der Waals surface area contributed by atoms with Gasteiger partial charge in [-0.1, -0.05) is 32.7 Å². The number of aromatic nitrogens is 2. The second-order valence-electron chi connectivity index (χ2n) is 7.98. The average molecular weight is 436 g/mol. The first-order valence-electron chi connectivity index (χ1n) is 8.14. The normalized spacial score (nSPS) is 12.2. The molecule has 0 aliphatic carbocycles. The molecule has 0 radical (unpaired) electrons. The standard InChI is InChI=1S/C17H26BrN3S.CH2F2/c1-16(2,3)11-21-10-12(9-19-22-17(4,5)6)13-7-8-14(18)20-15(13)21;2-1-3/h7-8,10,19H,9,11H2,1-6H3;1H2. The molecule has 1 N–H and O–H groups in total. The zero-order valence-electron chi connectivity index (χ0n) is 15.8. The van der Waals surface area contributed by atoms with Gasteiger partial charge in [-0.25, -0.2) is 13.8 Å². The van der Waals surface area contributed by atoms with Gasteiger partial charge < -0.3 is 4.57 Å². The number of rotatable bonds is 4. The Morgan fingerprint density at radius 2 is 1.76 bits per heavy atom. The molecule has 2 rings (SSSR count). The molecule has 25 heavy (non-hydrogen) atoms. The van der Waals surface area contributed by atoms with Crippen molar-refractivity contribution in [1.29, 1.82) is 0 Å². The largest absolute Gasteiger partial charge is 0.332 e. The summed E-state index contributed by atoms with van der Waals surface area (Å²) in [5, 5.41) is 1.23. The summed E-state index contributed by atoms with van der Waals surface area (Å²) in [5.74, 6) is 0. The van der Waals surface area contributed by atoms with Gasteiger partial charge in [0.1, 0.15) is 10.3 Å². The highest BCUT2D eigenvalue weighted by Gasteiger charge is 2.17. The van der Waals surface area contributed by atoms with E-state index < -0.39 is 6.93 Å². The Bertz CT molecular complexity index is 675. The second kappa shape index (κ2) is 9.33. The Morgan fingerprint density at radius 3 is 2.28 bits per heavy atom. The van der Waals surface area contributed by atoms with Crippen LogP contribution in [0, 0.1) is 5.41 Å². The number of hydrogen-bond donors (Lipinski definition) is 1. The fourth-order valence-corrected chi connectivity index (χ4v) is 3.28. The summed E-state index contributed by atoms with van der Waals surface area (Å²) in [6, 6.07) is 4.18. The summed E-state index contributed by atoms with van der Waals surface area (Å²) in [5.41, 5.74) is 2.58. The summed E-state index contributed by atoms with van der Waals surface area (Å²) in [4.78, 5) is 4.68. The maximum Gasteiger partial charge on any atom is 0.229 e. The Balaban J connectivity index is 0.000000970. The number of nitrogens with zero attached hydrogens (tertiary/aromatic N) is 2. The molecule has 2 aromatic rings. The van der Waals surface area contributed by atoms with Gasteiger partial charge in [-0.05, 0) is 59.8 Å². The molecule has 0 fully saturated rings. The number of fused-ring (bicyclic) bond motifs is 1. The number of pyridine rings is 1. The molecule has 0 aliphatic heterocycles. The predicted molar refractivity (Wildman–Crippen MR) is 108 cm³/mol. The fourth-order valence-electron chi connectivity index (χ4n) is 2.32. The van der Waals surface area contributed by atoms with Crippen LogP contribution in [0.15, 0.2) is 22.9 Å². The molecule has 3 nitrogen and oxygen atoms in total. The van der Waals surface area contributed by atoms with Crippen LogP contribution in [0.2, 0.25) is 0 Å². The van der Waals surface area contributed by atoms with E-state index in [1.807, 2.05) is 6.07 Å². The highest BCUT2D eigenvalue weighted by atomic mass is 79.9. The first-order valence-corrected chi connectivity index (χ1v) is 9.75. The van der Waals surface area contributed by atoms with Crippen molar-refractivity contribution in [3.8, 4) is 0 Å². The van der Waals surface area contributed by atoms with Crippen molar-refractivity contribution in [2.45, 2.75) is 59.4 Å². The summed E-state index contributed by atoms with van der Waals surface area (Å²) in [6.45, 7) is 13.5. The van der Waals surface area contributed by atoms with Crippen LogP contribution in [0.5, 0.6) is 0 Å². The van der Waals surface area contributed by atoms with E-state index in [2.05, 4.69) is 84.0 Å². The van der Waals surface area contributed by atoms with Gasteiger partial charge in [-0.15, -0.1) is 0 Å². The van der Waals surface area contributed by atoms with E-state index in [0.29, 0.717) is 0 Å². The zero-order valence-corrected chi connectivity index (χ0v) is 18.2. The molecule has 0 bridgehead atoms. The topological polar surface area (TPSA) is 29.9 Å². The van der Waals surface area contributed by atoms with Gasteiger partial charge in [0.05, 0.1) is 0 Å². The van der Waals surface area contributed by atoms with Gasteiger partial charge in [0.15, 0.2) is 0 Å². The molecule has 0 saturated carbocycles. The Morgan fingerprint density at radius 1 is 1.16 bits per heavy atom. The molecule has 0 spiro atoms. The van der Waals surface area contributed by atoms with Crippen molar-refractivity contribution in [3.63, 3.8) is 0 Å². The van der Waals surface area contributed by atoms with E-state index in [1.165, 1.54) is 10.9 Å². The minimum absolute atomic E-state index is 0.213. The van der Waals surface area contributed by atoms with E-state index in [1.54, 1.807) is 11.9 Å². The fraction of sp³-hybridized carbons (Fsp3) is 0.611. The van der Waals surface area contributed by atoms with E-state index >= 15 is 0 Å². The van der Waals surface area contributed by atoms with Crippen LogP contribution >= 0.6 is 27.9 Å². The van der Waals surface area contributed by atoms with E-state index in [9.17, 15) is 8.78 Å². The minimum atomic E-state index is -1.75. The maximum absolute atomic E-state index is 9.62. The van der Waals surface area contributed by atoms with Gasteiger partial charge in [-0.2, -0.15) is 0 Å². The molecular weight excluding hydrogens is 408 g/mol. The number of hydrogen-bond acceptors (Lipinski definition) is 3. The Labute approximate surface area is 162 Å². The first-order chi connectivity index (χ1) is 11.5. The highest BCUT2D eigenvalue weighted by Crippen LogP contribution is 2.27. The average Bonchev–Trinajstić information content (AvgIpc) is 2.74. The molecule has 142 valence electrons. The Kier molecular flexibility index (Phi) is 8.35. The van der Waals surface area contributed by atoms with Gasteiger partial charge in [-0.3, -0.25) is 4.72 Å². The number of nitrogens with one attached hydrogen (secondary N) is 1. The van der Waals surface area contributed by atoms with Crippen molar-refractivity contribution in [2.24, 2.45) is 5.41 Å². The van der Waals surface area contributed by atoms with Crippen LogP contribution in [-0.4, -0.2) is 21.2 Å². The van der Waals surface area contributed by atoms with Crippen molar-refractivity contribution in [2.75, 3.05) is 6.93 Å². The second-order valence-corrected chi connectivity index (χ2v) is 10.5. The number of alkyl halides is 2. The molecule has 2 aromatic heterocycles. The molecule has 0 aliphatic rings. The van der Waals surface area contributed by atoms with E-state index in [-0.39, 0.29) is 10.2 Å². The summed E-state index contributed by atoms with van der Waals surface area (Å²) in [6.07, 6.45) is 2.24. The Hall–Kier alpha value is -0.660. The lowest BCUT2D eigenvalue weighted by atomic mass is 9.97. The van der Waals surface area contributed by atoms with Crippen LogP contribution in [0.4, 0.5) is 8.78 Å². The maximum atomic E-state index is 9.62. The van der Waals surface area contributed by atoms with Gasteiger partial charge in [0, 0.05) is 29.4 Å². The lowest BCUT2D eigenvalue weighted by Gasteiger charge is -2.19. The first kappa shape index (κ1) is 22.4. The molecule has 0 aromatic carbocycles. The van der Waals surface area contributed by atoms with Crippen LogP contribution < -0.4 is 4.72 Å². The quantitative estimate of drug-likeness (QED) is 0.453. The van der Waals surface area contributed by atoms with Gasteiger partial charge >= 0.3 is 0 Å². The molecule has 0 atom stereocenters. The lowest BCUT2D eigenvalue weighted by Crippen LogP contribution is -2.17. The third kappa shape index (κ3) is 8.05. The number of halogens is 3. The van der Waals surface area contributed by atoms with Crippen molar-refractivity contribution >= 4 is 38.9 Å². The van der Waals surface area contributed by atoms with Crippen molar-refractivity contribution in [3.05, 3.63) is 28.5 Å². The predicted octanol–water partition coefficient (Wildman–Crippen LogP) is 6.26. The van der Waals surface area contributed by atoms with Crippen molar-refractivity contribution < 1.29 is 8.78 Å². The lowest BCUT2D eigenvalue weighted by molar-refractivity contribution is 0.295. The van der Waals surface area contributed by atoms with E-state index in [0.717, 1.165) is 23.3 Å².